The van der Waals surface area contributed by atoms with E-state index in [4.69, 9.17) is 5.11 Å². The van der Waals surface area contributed by atoms with Crippen molar-refractivity contribution in [3.63, 3.8) is 0 Å². The fraction of sp³-hybridized carbons (Fsp3) is 0.625. The molecule has 0 aliphatic heterocycles. The van der Waals surface area contributed by atoms with Gasteiger partial charge in [-0.2, -0.15) is 0 Å². The fourth-order valence-corrected chi connectivity index (χ4v) is 1.73. The minimum absolute atomic E-state index is 0.00870. The lowest BCUT2D eigenvalue weighted by Crippen LogP contribution is -2.22. The number of nitrogens with zero attached hydrogens (tertiary/aromatic N) is 3. The maximum Gasteiger partial charge on any atom is 0.313 e. The van der Waals surface area contributed by atoms with E-state index in [0.717, 1.165) is 0 Å². The summed E-state index contributed by atoms with van der Waals surface area (Å²) in [6.07, 6.45) is 1.62. The monoisotopic (exact) mass is 215 g/mol. The van der Waals surface area contributed by atoms with Gasteiger partial charge in [0.05, 0.1) is 5.75 Å². The van der Waals surface area contributed by atoms with Gasteiger partial charge < -0.3 is 9.67 Å². The van der Waals surface area contributed by atoms with Crippen LogP contribution in [-0.4, -0.2) is 31.6 Å². The quantitative estimate of drug-likeness (QED) is 0.767. The van der Waals surface area contributed by atoms with Crippen molar-refractivity contribution in [2.75, 3.05) is 5.75 Å². The van der Waals surface area contributed by atoms with Gasteiger partial charge in [0, 0.05) is 5.54 Å². The SMILES string of the molecule is CC(C)(C)n1cnnc1SCC(=O)O. The molecule has 78 valence electrons. The molecule has 0 bridgehead atoms. The molecule has 0 aromatic carbocycles. The molecule has 0 amide bonds. The van der Waals surface area contributed by atoms with E-state index in [1.54, 1.807) is 6.33 Å². The molecule has 0 aliphatic carbocycles. The topological polar surface area (TPSA) is 68.0 Å². The summed E-state index contributed by atoms with van der Waals surface area (Å²) in [4.78, 5) is 10.4. The molecule has 0 aliphatic rings. The van der Waals surface area contributed by atoms with Gasteiger partial charge in [-0.15, -0.1) is 10.2 Å². The van der Waals surface area contributed by atoms with Crippen LogP contribution >= 0.6 is 11.8 Å². The highest BCUT2D eigenvalue weighted by atomic mass is 32.2. The van der Waals surface area contributed by atoms with Crippen molar-refractivity contribution in [1.29, 1.82) is 0 Å². The molecule has 6 heteroatoms. The highest BCUT2D eigenvalue weighted by molar-refractivity contribution is 7.99. The van der Waals surface area contributed by atoms with Crippen LogP contribution in [0, 0.1) is 0 Å². The number of aromatic nitrogens is 3. The van der Waals surface area contributed by atoms with E-state index in [-0.39, 0.29) is 11.3 Å². The lowest BCUT2D eigenvalue weighted by molar-refractivity contribution is -0.133. The minimum atomic E-state index is -0.849. The molecule has 14 heavy (non-hydrogen) atoms. The number of hydrogen-bond acceptors (Lipinski definition) is 4. The summed E-state index contributed by atoms with van der Waals surface area (Å²) in [5, 5.41) is 16.8. The summed E-state index contributed by atoms with van der Waals surface area (Å²) < 4.78 is 1.86. The molecule has 0 atom stereocenters. The molecule has 0 saturated carbocycles. The van der Waals surface area contributed by atoms with Crippen LogP contribution in [0.2, 0.25) is 0 Å². The predicted octanol–water partition coefficient (Wildman–Crippen LogP) is 1.21. The highest BCUT2D eigenvalue weighted by Gasteiger charge is 2.18. The fourth-order valence-electron chi connectivity index (χ4n) is 0.909. The summed E-state index contributed by atoms with van der Waals surface area (Å²) in [7, 11) is 0. The average Bonchev–Trinajstić information content (AvgIpc) is 2.46. The van der Waals surface area contributed by atoms with Gasteiger partial charge in [0.2, 0.25) is 0 Å². The summed E-state index contributed by atoms with van der Waals surface area (Å²) in [6, 6.07) is 0. The van der Waals surface area contributed by atoms with Crippen molar-refractivity contribution in [2.45, 2.75) is 31.5 Å². The van der Waals surface area contributed by atoms with Crippen molar-refractivity contribution >= 4 is 17.7 Å². The van der Waals surface area contributed by atoms with Crippen LogP contribution in [-0.2, 0) is 10.3 Å². The van der Waals surface area contributed by atoms with E-state index >= 15 is 0 Å². The van der Waals surface area contributed by atoms with E-state index in [1.165, 1.54) is 11.8 Å². The standard InChI is InChI=1S/C8H13N3O2S/c1-8(2,3)11-5-9-10-7(11)14-4-6(12)13/h5H,4H2,1-3H3,(H,12,13). The Morgan fingerprint density at radius 1 is 1.64 bits per heavy atom. The third kappa shape index (κ3) is 2.73. The zero-order valence-corrected chi connectivity index (χ0v) is 9.21. The van der Waals surface area contributed by atoms with E-state index in [9.17, 15) is 4.79 Å². The molecule has 0 spiro atoms. The van der Waals surface area contributed by atoms with Gasteiger partial charge in [-0.1, -0.05) is 11.8 Å². The Morgan fingerprint density at radius 3 is 2.79 bits per heavy atom. The Labute approximate surface area is 86.5 Å². The number of carboxylic acids is 1. The van der Waals surface area contributed by atoms with E-state index in [1.807, 2.05) is 25.3 Å². The molecule has 1 N–H and O–H groups in total. The Morgan fingerprint density at radius 2 is 2.29 bits per heavy atom. The first-order valence-electron chi connectivity index (χ1n) is 4.16. The van der Waals surface area contributed by atoms with Gasteiger partial charge >= 0.3 is 5.97 Å². The first-order valence-corrected chi connectivity index (χ1v) is 5.15. The second-order valence-corrected chi connectivity index (χ2v) is 4.78. The summed E-state index contributed by atoms with van der Waals surface area (Å²) in [5.41, 5.74) is -0.121. The molecular weight excluding hydrogens is 202 g/mol. The molecular formula is C8H13N3O2S. The van der Waals surface area contributed by atoms with Crippen LogP contribution in [0.4, 0.5) is 0 Å². The first-order chi connectivity index (χ1) is 6.41. The Bertz CT molecular complexity index is 330. The third-order valence-electron chi connectivity index (χ3n) is 1.56. The maximum absolute atomic E-state index is 10.4. The molecule has 1 aromatic heterocycles. The van der Waals surface area contributed by atoms with Gasteiger partial charge in [-0.05, 0) is 20.8 Å². The number of hydrogen-bond donors (Lipinski definition) is 1. The Hall–Kier alpha value is -1.04. The maximum atomic E-state index is 10.4. The first kappa shape index (κ1) is 11.0. The van der Waals surface area contributed by atoms with Crippen molar-refractivity contribution < 1.29 is 9.90 Å². The molecule has 0 fully saturated rings. The van der Waals surface area contributed by atoms with Crippen molar-refractivity contribution in [2.24, 2.45) is 0 Å². The summed E-state index contributed by atoms with van der Waals surface area (Å²) in [5.74, 6) is -0.840. The van der Waals surface area contributed by atoms with Gasteiger partial charge in [0.1, 0.15) is 6.33 Å². The lowest BCUT2D eigenvalue weighted by atomic mass is 10.1. The second-order valence-electron chi connectivity index (χ2n) is 3.84. The minimum Gasteiger partial charge on any atom is -0.481 e. The molecule has 1 heterocycles. The summed E-state index contributed by atoms with van der Waals surface area (Å²) in [6.45, 7) is 6.05. The van der Waals surface area contributed by atoms with Crippen LogP contribution in [0.15, 0.2) is 11.5 Å². The molecule has 0 unspecified atom stereocenters. The van der Waals surface area contributed by atoms with Crippen LogP contribution in [0.5, 0.6) is 0 Å². The highest BCUT2D eigenvalue weighted by Crippen LogP contribution is 2.22. The van der Waals surface area contributed by atoms with Gasteiger partial charge in [-0.3, -0.25) is 4.79 Å². The normalized spacial score (nSPS) is 11.6. The van der Waals surface area contributed by atoms with E-state index in [0.29, 0.717) is 5.16 Å². The Kier molecular flexibility index (Phi) is 3.15. The number of thioether (sulfide) groups is 1. The van der Waals surface area contributed by atoms with E-state index < -0.39 is 5.97 Å². The molecule has 5 nitrogen and oxygen atoms in total. The van der Waals surface area contributed by atoms with Crippen LogP contribution in [0.25, 0.3) is 0 Å². The second kappa shape index (κ2) is 4.00. The van der Waals surface area contributed by atoms with Crippen molar-refractivity contribution in [3.05, 3.63) is 6.33 Å². The van der Waals surface area contributed by atoms with Gasteiger partial charge in [-0.25, -0.2) is 0 Å². The number of carbonyl (C=O) groups is 1. The van der Waals surface area contributed by atoms with Crippen LogP contribution in [0.3, 0.4) is 0 Å². The summed E-state index contributed by atoms with van der Waals surface area (Å²) >= 11 is 1.18. The third-order valence-corrected chi connectivity index (χ3v) is 2.49. The number of rotatable bonds is 3. The van der Waals surface area contributed by atoms with Gasteiger partial charge in [0.15, 0.2) is 5.16 Å². The molecule has 1 rings (SSSR count). The average molecular weight is 215 g/mol. The molecule has 0 saturated heterocycles. The Balaban J connectivity index is 2.78. The number of carboxylic acid groups (broad SMARTS) is 1. The van der Waals surface area contributed by atoms with E-state index in [2.05, 4.69) is 10.2 Å². The smallest absolute Gasteiger partial charge is 0.313 e. The zero-order valence-electron chi connectivity index (χ0n) is 8.39. The van der Waals surface area contributed by atoms with Crippen molar-refractivity contribution in [3.8, 4) is 0 Å². The zero-order chi connectivity index (χ0) is 10.8. The molecule has 1 aromatic rings. The molecule has 0 radical (unpaired) electrons. The lowest BCUT2D eigenvalue weighted by Gasteiger charge is -2.21. The largest absolute Gasteiger partial charge is 0.481 e. The predicted molar refractivity (Wildman–Crippen MR) is 53.4 cm³/mol. The number of aliphatic carboxylic acids is 1. The van der Waals surface area contributed by atoms with Gasteiger partial charge in [0.25, 0.3) is 0 Å². The van der Waals surface area contributed by atoms with Crippen molar-refractivity contribution in [1.82, 2.24) is 14.8 Å². The van der Waals surface area contributed by atoms with Crippen LogP contribution in [0.1, 0.15) is 20.8 Å². The van der Waals surface area contributed by atoms with Crippen LogP contribution < -0.4 is 0 Å².